The molecule has 4 heteroatoms. The lowest BCUT2D eigenvalue weighted by atomic mass is 9.98. The second kappa shape index (κ2) is 4.78. The standard InChI is InChI=1S/C15H19N3O/c1-10-4-3-5-11(2)14(10)15-17-16-13-7-6-12(9-19)8-18(13)15/h3-5,12,19H,6-9H2,1-2H3. The summed E-state index contributed by atoms with van der Waals surface area (Å²) in [6.07, 6.45) is 1.91. The molecular formula is C15H19N3O. The minimum absolute atomic E-state index is 0.240. The first-order valence-electron chi connectivity index (χ1n) is 6.80. The van der Waals surface area contributed by atoms with Crippen LogP contribution in [0.2, 0.25) is 0 Å². The van der Waals surface area contributed by atoms with Gasteiger partial charge in [0.25, 0.3) is 0 Å². The molecule has 100 valence electrons. The average Bonchev–Trinajstić information content (AvgIpc) is 2.81. The summed E-state index contributed by atoms with van der Waals surface area (Å²) in [7, 11) is 0. The number of rotatable bonds is 2. The summed E-state index contributed by atoms with van der Waals surface area (Å²) in [5.74, 6) is 2.32. The van der Waals surface area contributed by atoms with Crippen LogP contribution >= 0.6 is 0 Å². The molecule has 2 heterocycles. The maximum absolute atomic E-state index is 9.37. The van der Waals surface area contributed by atoms with Crippen molar-refractivity contribution in [2.45, 2.75) is 33.2 Å². The topological polar surface area (TPSA) is 50.9 Å². The zero-order chi connectivity index (χ0) is 13.4. The molecule has 4 nitrogen and oxygen atoms in total. The number of aliphatic hydroxyl groups excluding tert-OH is 1. The molecule has 1 aliphatic rings. The second-order valence-corrected chi connectivity index (χ2v) is 5.40. The molecular weight excluding hydrogens is 238 g/mol. The van der Waals surface area contributed by atoms with E-state index in [-0.39, 0.29) is 6.61 Å². The largest absolute Gasteiger partial charge is 0.396 e. The van der Waals surface area contributed by atoms with Crippen molar-refractivity contribution in [2.24, 2.45) is 5.92 Å². The lowest BCUT2D eigenvalue weighted by molar-refractivity contribution is 0.191. The number of fused-ring (bicyclic) bond motifs is 1. The third-order valence-corrected chi connectivity index (χ3v) is 4.01. The van der Waals surface area contributed by atoms with Crippen molar-refractivity contribution in [3.8, 4) is 11.4 Å². The van der Waals surface area contributed by atoms with Crippen molar-refractivity contribution in [1.29, 1.82) is 0 Å². The van der Waals surface area contributed by atoms with E-state index in [1.807, 2.05) is 0 Å². The van der Waals surface area contributed by atoms with E-state index in [1.54, 1.807) is 0 Å². The van der Waals surface area contributed by atoms with Crippen LogP contribution in [0.25, 0.3) is 11.4 Å². The highest BCUT2D eigenvalue weighted by Gasteiger charge is 2.24. The first kappa shape index (κ1) is 12.4. The van der Waals surface area contributed by atoms with E-state index >= 15 is 0 Å². The van der Waals surface area contributed by atoms with Crippen LogP contribution in [0.3, 0.4) is 0 Å². The third kappa shape index (κ3) is 2.06. The van der Waals surface area contributed by atoms with Crippen LogP contribution in [0.15, 0.2) is 18.2 Å². The molecule has 1 aromatic carbocycles. The maximum atomic E-state index is 9.37. The molecule has 1 unspecified atom stereocenters. The minimum atomic E-state index is 0.240. The number of aromatic nitrogens is 3. The Bertz CT molecular complexity index is 583. The zero-order valence-corrected chi connectivity index (χ0v) is 11.4. The van der Waals surface area contributed by atoms with Gasteiger partial charge in [-0.25, -0.2) is 0 Å². The molecule has 19 heavy (non-hydrogen) atoms. The zero-order valence-electron chi connectivity index (χ0n) is 11.4. The summed E-state index contributed by atoms with van der Waals surface area (Å²) >= 11 is 0. The summed E-state index contributed by atoms with van der Waals surface area (Å²) in [4.78, 5) is 0. The Morgan fingerprint density at radius 2 is 2.00 bits per heavy atom. The van der Waals surface area contributed by atoms with Gasteiger partial charge in [-0.15, -0.1) is 10.2 Å². The summed E-state index contributed by atoms with van der Waals surface area (Å²) in [6.45, 7) is 5.28. The average molecular weight is 257 g/mol. The molecule has 3 rings (SSSR count). The molecule has 0 spiro atoms. The first-order valence-corrected chi connectivity index (χ1v) is 6.80. The van der Waals surface area contributed by atoms with Crippen LogP contribution in [-0.4, -0.2) is 26.5 Å². The monoisotopic (exact) mass is 257 g/mol. The van der Waals surface area contributed by atoms with E-state index in [9.17, 15) is 5.11 Å². The predicted octanol–water partition coefficient (Wildman–Crippen LogP) is 2.12. The van der Waals surface area contributed by atoms with E-state index in [2.05, 4.69) is 46.8 Å². The Balaban J connectivity index is 2.10. The van der Waals surface area contributed by atoms with Crippen molar-refractivity contribution < 1.29 is 5.11 Å². The molecule has 0 bridgehead atoms. The van der Waals surface area contributed by atoms with Gasteiger partial charge in [-0.3, -0.25) is 0 Å². The molecule has 0 saturated heterocycles. The van der Waals surface area contributed by atoms with E-state index in [0.717, 1.165) is 31.0 Å². The van der Waals surface area contributed by atoms with Crippen LogP contribution in [0, 0.1) is 19.8 Å². The summed E-state index contributed by atoms with van der Waals surface area (Å²) in [5, 5.41) is 18.1. The Labute approximate surface area is 113 Å². The molecule has 0 saturated carbocycles. The van der Waals surface area contributed by atoms with Gasteiger partial charge in [-0.05, 0) is 31.4 Å². The number of aryl methyl sites for hydroxylation is 3. The van der Waals surface area contributed by atoms with Crippen LogP contribution in [0.4, 0.5) is 0 Å². The van der Waals surface area contributed by atoms with E-state index in [4.69, 9.17) is 0 Å². The fourth-order valence-corrected chi connectivity index (χ4v) is 2.90. The predicted molar refractivity (Wildman–Crippen MR) is 73.8 cm³/mol. The molecule has 1 aromatic heterocycles. The maximum Gasteiger partial charge on any atom is 0.164 e. The van der Waals surface area contributed by atoms with E-state index in [0.29, 0.717) is 5.92 Å². The lowest BCUT2D eigenvalue weighted by Gasteiger charge is -2.23. The van der Waals surface area contributed by atoms with Crippen molar-refractivity contribution in [2.75, 3.05) is 6.61 Å². The highest BCUT2D eigenvalue weighted by molar-refractivity contribution is 5.64. The first-order chi connectivity index (χ1) is 9.20. The number of aliphatic hydroxyl groups is 1. The van der Waals surface area contributed by atoms with E-state index in [1.165, 1.54) is 16.7 Å². The lowest BCUT2D eigenvalue weighted by Crippen LogP contribution is -2.23. The van der Waals surface area contributed by atoms with Gasteiger partial charge in [0.15, 0.2) is 5.82 Å². The number of nitrogens with zero attached hydrogens (tertiary/aromatic N) is 3. The van der Waals surface area contributed by atoms with Gasteiger partial charge < -0.3 is 9.67 Å². The normalized spacial score (nSPS) is 18.4. The Morgan fingerprint density at radius 3 is 2.68 bits per heavy atom. The van der Waals surface area contributed by atoms with E-state index < -0.39 is 0 Å². The molecule has 0 fully saturated rings. The van der Waals surface area contributed by atoms with Gasteiger partial charge in [-0.1, -0.05) is 18.2 Å². The minimum Gasteiger partial charge on any atom is -0.396 e. The van der Waals surface area contributed by atoms with Crippen molar-refractivity contribution in [3.05, 3.63) is 35.2 Å². The summed E-state index contributed by atoms with van der Waals surface area (Å²) in [6, 6.07) is 6.28. The third-order valence-electron chi connectivity index (χ3n) is 4.01. The van der Waals surface area contributed by atoms with Gasteiger partial charge in [-0.2, -0.15) is 0 Å². The quantitative estimate of drug-likeness (QED) is 0.896. The summed E-state index contributed by atoms with van der Waals surface area (Å²) in [5.41, 5.74) is 3.63. The van der Waals surface area contributed by atoms with Crippen LogP contribution < -0.4 is 0 Å². The molecule has 0 aliphatic carbocycles. The molecule has 1 atom stereocenters. The molecule has 0 radical (unpaired) electrons. The van der Waals surface area contributed by atoms with Gasteiger partial charge in [0.2, 0.25) is 0 Å². The highest BCUT2D eigenvalue weighted by Crippen LogP contribution is 2.29. The Kier molecular flexibility index (Phi) is 3.11. The number of hydrogen-bond donors (Lipinski definition) is 1. The second-order valence-electron chi connectivity index (χ2n) is 5.40. The Morgan fingerprint density at radius 1 is 1.26 bits per heavy atom. The molecule has 1 N–H and O–H groups in total. The Hall–Kier alpha value is -1.68. The fraction of sp³-hybridized carbons (Fsp3) is 0.467. The number of hydrogen-bond acceptors (Lipinski definition) is 3. The van der Waals surface area contributed by atoms with Crippen LogP contribution in [-0.2, 0) is 13.0 Å². The van der Waals surface area contributed by atoms with Crippen LogP contribution in [0.5, 0.6) is 0 Å². The van der Waals surface area contributed by atoms with Crippen LogP contribution in [0.1, 0.15) is 23.4 Å². The molecule has 2 aromatic rings. The SMILES string of the molecule is Cc1cccc(C)c1-c1nnc2n1CC(CO)CC2. The molecule has 0 amide bonds. The van der Waals surface area contributed by atoms with Crippen molar-refractivity contribution in [1.82, 2.24) is 14.8 Å². The van der Waals surface area contributed by atoms with Crippen molar-refractivity contribution in [3.63, 3.8) is 0 Å². The van der Waals surface area contributed by atoms with Gasteiger partial charge in [0.1, 0.15) is 5.82 Å². The van der Waals surface area contributed by atoms with Gasteiger partial charge >= 0.3 is 0 Å². The molecule has 1 aliphatic heterocycles. The van der Waals surface area contributed by atoms with Gasteiger partial charge in [0.05, 0.1) is 0 Å². The highest BCUT2D eigenvalue weighted by atomic mass is 16.3. The smallest absolute Gasteiger partial charge is 0.164 e. The van der Waals surface area contributed by atoms with Gasteiger partial charge in [0, 0.05) is 31.1 Å². The van der Waals surface area contributed by atoms with Crippen molar-refractivity contribution >= 4 is 0 Å². The summed E-state index contributed by atoms with van der Waals surface area (Å²) < 4.78 is 2.18. The number of benzene rings is 1. The fourth-order valence-electron chi connectivity index (χ4n) is 2.90.